The van der Waals surface area contributed by atoms with Crippen molar-refractivity contribution in [1.82, 2.24) is 25.1 Å². The minimum absolute atomic E-state index is 0.126. The lowest BCUT2D eigenvalue weighted by atomic mass is 10.2. The van der Waals surface area contributed by atoms with Gasteiger partial charge in [0.25, 0.3) is 11.5 Å². The molecule has 2 aromatic rings. The zero-order valence-electron chi connectivity index (χ0n) is 15.0. The Kier molecular flexibility index (Phi) is 5.82. The Labute approximate surface area is 155 Å². The molecule has 1 amide bonds. The van der Waals surface area contributed by atoms with Gasteiger partial charge in [-0.25, -0.2) is 9.37 Å². The van der Waals surface area contributed by atoms with Gasteiger partial charge < -0.3 is 20.3 Å². The first kappa shape index (κ1) is 19.0. The number of aromatic hydroxyl groups is 1. The van der Waals surface area contributed by atoms with Gasteiger partial charge in [0.2, 0.25) is 5.75 Å². The third kappa shape index (κ3) is 4.89. The molecule has 1 fully saturated rings. The van der Waals surface area contributed by atoms with E-state index in [-0.39, 0.29) is 18.1 Å². The molecule has 0 unspecified atom stereocenters. The molecule has 27 heavy (non-hydrogen) atoms. The predicted molar refractivity (Wildman–Crippen MR) is 96.9 cm³/mol. The van der Waals surface area contributed by atoms with Gasteiger partial charge >= 0.3 is 0 Å². The highest BCUT2D eigenvalue weighted by Crippen LogP contribution is 2.11. The monoisotopic (exact) mass is 375 g/mol. The Hall–Kier alpha value is -2.78. The smallest absolute Gasteiger partial charge is 0.293 e. The second kappa shape index (κ2) is 8.28. The van der Waals surface area contributed by atoms with Crippen LogP contribution in [0.5, 0.6) is 5.75 Å². The van der Waals surface area contributed by atoms with Gasteiger partial charge in [0, 0.05) is 32.7 Å². The predicted octanol–water partition coefficient (Wildman–Crippen LogP) is 0.292. The number of H-pyrrole nitrogens is 1. The quantitative estimate of drug-likeness (QED) is 0.695. The number of rotatable bonds is 5. The van der Waals surface area contributed by atoms with Crippen molar-refractivity contribution < 1.29 is 14.3 Å². The first-order valence-corrected chi connectivity index (χ1v) is 8.68. The number of halogens is 1. The van der Waals surface area contributed by atoms with Crippen molar-refractivity contribution in [3.63, 3.8) is 0 Å². The number of aromatic nitrogens is 2. The van der Waals surface area contributed by atoms with Gasteiger partial charge in [0.1, 0.15) is 11.6 Å². The Balaban J connectivity index is 1.70. The number of nitrogens with zero attached hydrogens (tertiary/aromatic N) is 3. The second-order valence-corrected chi connectivity index (χ2v) is 6.60. The molecule has 0 spiro atoms. The summed E-state index contributed by atoms with van der Waals surface area (Å²) in [6, 6.07) is 5.66. The van der Waals surface area contributed by atoms with Gasteiger partial charge in [-0.1, -0.05) is 12.1 Å². The van der Waals surface area contributed by atoms with E-state index in [2.05, 4.69) is 25.1 Å². The number of benzene rings is 1. The third-order valence-corrected chi connectivity index (χ3v) is 4.49. The Bertz CT molecular complexity index is 860. The molecule has 8 nitrogen and oxygen atoms in total. The summed E-state index contributed by atoms with van der Waals surface area (Å²) >= 11 is 0. The minimum atomic E-state index is -0.749. The summed E-state index contributed by atoms with van der Waals surface area (Å²) in [6.45, 7) is 3.99. The summed E-state index contributed by atoms with van der Waals surface area (Å²) in [4.78, 5) is 35.3. The van der Waals surface area contributed by atoms with E-state index in [1.807, 2.05) is 7.05 Å². The van der Waals surface area contributed by atoms with Crippen LogP contribution in [0, 0.1) is 5.82 Å². The van der Waals surface area contributed by atoms with Gasteiger partial charge in [-0.05, 0) is 24.7 Å². The summed E-state index contributed by atoms with van der Waals surface area (Å²) in [6.07, 6.45) is 0. The van der Waals surface area contributed by atoms with Crippen LogP contribution >= 0.6 is 0 Å². The first-order valence-electron chi connectivity index (χ1n) is 8.68. The van der Waals surface area contributed by atoms with Crippen LogP contribution < -0.4 is 10.9 Å². The molecule has 144 valence electrons. The highest BCUT2D eigenvalue weighted by molar-refractivity contribution is 5.94. The number of aromatic amines is 1. The van der Waals surface area contributed by atoms with Crippen molar-refractivity contribution in [3.8, 4) is 5.75 Å². The molecule has 0 aliphatic carbocycles. The molecular weight excluding hydrogens is 353 g/mol. The highest BCUT2D eigenvalue weighted by Gasteiger charge is 2.20. The van der Waals surface area contributed by atoms with E-state index in [4.69, 9.17) is 0 Å². The molecule has 0 radical (unpaired) electrons. The number of hydrogen-bond acceptors (Lipinski definition) is 6. The van der Waals surface area contributed by atoms with Crippen molar-refractivity contribution in [2.24, 2.45) is 0 Å². The van der Waals surface area contributed by atoms with Crippen molar-refractivity contribution in [3.05, 3.63) is 57.5 Å². The maximum absolute atomic E-state index is 12.9. The van der Waals surface area contributed by atoms with Crippen LogP contribution in [0.25, 0.3) is 0 Å². The second-order valence-electron chi connectivity index (χ2n) is 6.60. The first-order chi connectivity index (χ1) is 12.9. The number of carbonyl (C=O) groups excluding carboxylic acids is 1. The number of likely N-dealkylation sites (N-methyl/N-ethyl adjacent to an activating group) is 1. The van der Waals surface area contributed by atoms with Gasteiger partial charge in [-0.2, -0.15) is 0 Å². The molecule has 1 aromatic carbocycles. The van der Waals surface area contributed by atoms with Crippen molar-refractivity contribution in [2.45, 2.75) is 13.1 Å². The summed E-state index contributed by atoms with van der Waals surface area (Å²) in [7, 11) is 2.04. The van der Waals surface area contributed by atoms with Crippen LogP contribution in [-0.4, -0.2) is 64.0 Å². The molecule has 1 aromatic heterocycles. The zero-order valence-corrected chi connectivity index (χ0v) is 15.0. The van der Waals surface area contributed by atoms with Gasteiger partial charge in [0.15, 0.2) is 5.69 Å². The van der Waals surface area contributed by atoms with Crippen molar-refractivity contribution >= 4 is 5.91 Å². The molecule has 3 rings (SSSR count). The maximum atomic E-state index is 12.9. The van der Waals surface area contributed by atoms with E-state index in [1.165, 1.54) is 12.1 Å². The number of piperazine rings is 1. The van der Waals surface area contributed by atoms with Crippen LogP contribution in [0.15, 0.2) is 29.1 Å². The zero-order chi connectivity index (χ0) is 19.4. The maximum Gasteiger partial charge on any atom is 0.293 e. The van der Waals surface area contributed by atoms with Gasteiger partial charge in [0.05, 0.1) is 6.54 Å². The summed E-state index contributed by atoms with van der Waals surface area (Å²) in [5.74, 6) is -1.42. The van der Waals surface area contributed by atoms with E-state index in [9.17, 15) is 19.1 Å². The number of nitrogens with one attached hydrogen (secondary N) is 2. The number of amides is 1. The van der Waals surface area contributed by atoms with Crippen LogP contribution in [-0.2, 0) is 13.1 Å². The van der Waals surface area contributed by atoms with Crippen molar-refractivity contribution in [1.29, 1.82) is 0 Å². The average Bonchev–Trinajstić information content (AvgIpc) is 2.65. The van der Waals surface area contributed by atoms with E-state index in [0.717, 1.165) is 26.2 Å². The molecule has 1 aliphatic rings. The molecule has 1 aliphatic heterocycles. The standard InChI is InChI=1S/C18H22FN5O3/c1-23-6-8-24(9-7-23)11-14-21-15(16(25)18(27)22-14)17(26)20-10-12-2-4-13(19)5-3-12/h2-5,25H,6-11H2,1H3,(H,20,26)(H,21,22,27). The molecule has 0 bridgehead atoms. The normalized spacial score (nSPS) is 15.6. The van der Waals surface area contributed by atoms with Crippen LogP contribution in [0.4, 0.5) is 4.39 Å². The Morgan fingerprint density at radius 2 is 1.93 bits per heavy atom. The molecule has 9 heteroatoms. The van der Waals surface area contributed by atoms with E-state index < -0.39 is 17.2 Å². The number of hydrogen-bond donors (Lipinski definition) is 3. The summed E-state index contributed by atoms with van der Waals surface area (Å²) < 4.78 is 12.9. The Morgan fingerprint density at radius 3 is 2.59 bits per heavy atom. The van der Waals surface area contributed by atoms with Crippen molar-refractivity contribution in [2.75, 3.05) is 33.2 Å². The fourth-order valence-corrected chi connectivity index (χ4v) is 2.83. The Morgan fingerprint density at radius 1 is 1.26 bits per heavy atom. The fraction of sp³-hybridized carbons (Fsp3) is 0.389. The lowest BCUT2D eigenvalue weighted by molar-refractivity contribution is 0.0941. The van der Waals surface area contributed by atoms with Crippen LogP contribution in [0.3, 0.4) is 0 Å². The molecular formula is C18H22FN5O3. The van der Waals surface area contributed by atoms with E-state index >= 15 is 0 Å². The molecule has 1 saturated heterocycles. The number of carbonyl (C=O) groups is 1. The topological polar surface area (TPSA) is 102 Å². The summed E-state index contributed by atoms with van der Waals surface area (Å²) in [5.41, 5.74) is -0.377. The molecule has 3 N–H and O–H groups in total. The SMILES string of the molecule is CN1CCN(Cc2nc(C(=O)NCc3ccc(F)cc3)c(O)c(=O)[nH]2)CC1. The van der Waals surface area contributed by atoms with E-state index in [1.54, 1.807) is 12.1 Å². The fourth-order valence-electron chi connectivity index (χ4n) is 2.83. The molecule has 2 heterocycles. The highest BCUT2D eigenvalue weighted by atomic mass is 19.1. The minimum Gasteiger partial charge on any atom is -0.501 e. The molecule has 0 atom stereocenters. The third-order valence-electron chi connectivity index (χ3n) is 4.49. The summed E-state index contributed by atoms with van der Waals surface area (Å²) in [5, 5.41) is 12.5. The molecule has 0 saturated carbocycles. The largest absolute Gasteiger partial charge is 0.501 e. The van der Waals surface area contributed by atoms with Crippen LogP contribution in [0.1, 0.15) is 21.9 Å². The lowest BCUT2D eigenvalue weighted by Crippen LogP contribution is -2.44. The van der Waals surface area contributed by atoms with Crippen LogP contribution in [0.2, 0.25) is 0 Å². The lowest BCUT2D eigenvalue weighted by Gasteiger charge is -2.31. The van der Waals surface area contributed by atoms with E-state index in [0.29, 0.717) is 17.9 Å². The average molecular weight is 375 g/mol. The van der Waals surface area contributed by atoms with Gasteiger partial charge in [-0.15, -0.1) is 0 Å². The van der Waals surface area contributed by atoms with Gasteiger partial charge in [-0.3, -0.25) is 14.5 Å².